The van der Waals surface area contributed by atoms with Crippen LogP contribution in [0.1, 0.15) is 85.0 Å². The Morgan fingerprint density at radius 1 is 1.12 bits per heavy atom. The molecule has 0 unspecified atom stereocenters. The molecule has 5 atom stereocenters. The number of allylic oxidation sites excluding steroid dienone is 4. The van der Waals surface area contributed by atoms with E-state index in [2.05, 4.69) is 26.8 Å². The van der Waals surface area contributed by atoms with Gasteiger partial charge in [-0.3, -0.25) is 4.79 Å². The molecule has 2 fully saturated rings. The van der Waals surface area contributed by atoms with Crippen molar-refractivity contribution in [2.75, 3.05) is 7.11 Å². The van der Waals surface area contributed by atoms with Gasteiger partial charge in [0.25, 0.3) is 0 Å². The van der Waals surface area contributed by atoms with E-state index < -0.39 is 0 Å². The van der Waals surface area contributed by atoms with Gasteiger partial charge in [0, 0.05) is 18.3 Å². The van der Waals surface area contributed by atoms with Crippen LogP contribution in [0.2, 0.25) is 0 Å². The maximum Gasteiger partial charge on any atom is 0.139 e. The van der Waals surface area contributed by atoms with Crippen LogP contribution in [0.25, 0.3) is 0 Å². The van der Waals surface area contributed by atoms with Gasteiger partial charge in [0.15, 0.2) is 0 Å². The lowest BCUT2D eigenvalue weighted by Gasteiger charge is -2.56. The maximum absolute atomic E-state index is 12.6. The summed E-state index contributed by atoms with van der Waals surface area (Å²) in [6, 6.07) is 0. The van der Waals surface area contributed by atoms with Gasteiger partial charge in [-0.1, -0.05) is 33.3 Å². The molecule has 0 saturated heterocycles. The van der Waals surface area contributed by atoms with Gasteiger partial charge in [0.1, 0.15) is 5.78 Å². The fourth-order valence-corrected chi connectivity index (χ4v) is 7.18. The van der Waals surface area contributed by atoms with Gasteiger partial charge in [-0.2, -0.15) is 0 Å². The first-order valence-corrected chi connectivity index (χ1v) is 11.0. The molecule has 4 aliphatic rings. The number of Topliss-reactive ketones (excluding diaryl/α,β-unsaturated/α-hetero) is 1. The lowest BCUT2D eigenvalue weighted by molar-refractivity contribution is -0.131. The number of carbonyl (C=O) groups excluding carboxylic acids is 1. The summed E-state index contributed by atoms with van der Waals surface area (Å²) < 4.78 is 5.82. The fourth-order valence-electron chi connectivity index (χ4n) is 7.18. The highest BCUT2D eigenvalue weighted by Crippen LogP contribution is 2.64. The average Bonchev–Trinajstić information content (AvgIpc) is 2.94. The summed E-state index contributed by atoms with van der Waals surface area (Å²) in [5.41, 5.74) is 3.41. The Morgan fingerprint density at radius 2 is 1.88 bits per heavy atom. The molecule has 0 N–H and O–H groups in total. The Kier molecular flexibility index (Phi) is 4.60. The van der Waals surface area contributed by atoms with Crippen LogP contribution in [-0.2, 0) is 9.53 Å². The lowest BCUT2D eigenvalue weighted by atomic mass is 9.48. The highest BCUT2D eigenvalue weighted by molar-refractivity contribution is 5.87. The summed E-state index contributed by atoms with van der Waals surface area (Å²) >= 11 is 0. The van der Waals surface area contributed by atoms with Crippen molar-refractivity contribution in [1.82, 2.24) is 0 Å². The molecule has 0 aromatic heterocycles. The minimum Gasteiger partial charge on any atom is -0.501 e. The van der Waals surface area contributed by atoms with Gasteiger partial charge in [-0.25, -0.2) is 0 Å². The molecule has 0 bridgehead atoms. The molecule has 2 heteroatoms. The standard InChI is InChI=1S/C24H36O2/c1-5-6-7-17-19-9-8-16-18-10-11-22(25)24(18,3)14-12-20(16)23(19,2)15-13-21(17)26-4/h9,16,18,20H,5-8,10-15H2,1-4H3/t16-,18-,20-,23-,24-/m0/s1. The Bertz CT molecular complexity index is 657. The number of carbonyl (C=O) groups is 1. The molecule has 0 aliphatic heterocycles. The fraction of sp³-hybridized carbons (Fsp3) is 0.792. The highest BCUT2D eigenvalue weighted by atomic mass is 16.5. The average molecular weight is 357 g/mol. The molecular weight excluding hydrogens is 320 g/mol. The Balaban J connectivity index is 1.70. The van der Waals surface area contributed by atoms with Crippen molar-refractivity contribution in [1.29, 1.82) is 0 Å². The molecule has 144 valence electrons. The number of ketones is 1. The van der Waals surface area contributed by atoms with E-state index in [4.69, 9.17) is 4.74 Å². The molecule has 4 aliphatic carbocycles. The summed E-state index contributed by atoms with van der Waals surface area (Å²) in [7, 11) is 1.85. The predicted molar refractivity (Wildman–Crippen MR) is 106 cm³/mol. The zero-order valence-corrected chi connectivity index (χ0v) is 17.2. The maximum atomic E-state index is 12.6. The quantitative estimate of drug-likeness (QED) is 0.598. The second-order valence-electron chi connectivity index (χ2n) is 9.78. The molecular formula is C24H36O2. The molecule has 0 aromatic rings. The predicted octanol–water partition coefficient (Wildman–Crippen LogP) is 6.22. The second-order valence-corrected chi connectivity index (χ2v) is 9.78. The van der Waals surface area contributed by atoms with Crippen LogP contribution >= 0.6 is 0 Å². The first kappa shape index (κ1) is 18.3. The van der Waals surface area contributed by atoms with E-state index in [0.717, 1.165) is 38.0 Å². The monoisotopic (exact) mass is 356 g/mol. The van der Waals surface area contributed by atoms with Crippen LogP contribution in [-0.4, -0.2) is 12.9 Å². The van der Waals surface area contributed by atoms with Gasteiger partial charge in [0.05, 0.1) is 12.9 Å². The Morgan fingerprint density at radius 3 is 2.62 bits per heavy atom. The van der Waals surface area contributed by atoms with E-state index >= 15 is 0 Å². The third kappa shape index (κ3) is 2.47. The van der Waals surface area contributed by atoms with Crippen molar-refractivity contribution >= 4 is 5.78 Å². The number of hydrogen-bond donors (Lipinski definition) is 0. The molecule has 0 amide bonds. The van der Waals surface area contributed by atoms with Crippen LogP contribution in [0.4, 0.5) is 0 Å². The molecule has 0 aromatic carbocycles. The number of hydrogen-bond acceptors (Lipinski definition) is 2. The van der Waals surface area contributed by atoms with E-state index in [-0.39, 0.29) is 5.41 Å². The number of fused-ring (bicyclic) bond motifs is 5. The van der Waals surface area contributed by atoms with E-state index in [1.807, 2.05) is 7.11 Å². The van der Waals surface area contributed by atoms with Gasteiger partial charge >= 0.3 is 0 Å². The number of ether oxygens (including phenoxy) is 1. The van der Waals surface area contributed by atoms with Crippen molar-refractivity contribution in [3.05, 3.63) is 23.0 Å². The molecule has 0 radical (unpaired) electrons. The zero-order valence-electron chi connectivity index (χ0n) is 17.2. The number of unbranched alkanes of at least 4 members (excludes halogenated alkanes) is 1. The third-order valence-corrected chi connectivity index (χ3v) is 8.73. The van der Waals surface area contributed by atoms with Crippen LogP contribution in [0.15, 0.2) is 23.0 Å². The van der Waals surface area contributed by atoms with E-state index in [1.165, 1.54) is 43.4 Å². The summed E-state index contributed by atoms with van der Waals surface area (Å²) in [5.74, 6) is 3.88. The third-order valence-electron chi connectivity index (χ3n) is 8.73. The van der Waals surface area contributed by atoms with E-state index in [9.17, 15) is 4.79 Å². The Hall–Kier alpha value is -1.05. The smallest absolute Gasteiger partial charge is 0.139 e. The van der Waals surface area contributed by atoms with Gasteiger partial charge in [-0.15, -0.1) is 0 Å². The van der Waals surface area contributed by atoms with Crippen LogP contribution in [0.5, 0.6) is 0 Å². The molecule has 4 rings (SSSR count). The van der Waals surface area contributed by atoms with Crippen LogP contribution < -0.4 is 0 Å². The van der Waals surface area contributed by atoms with Gasteiger partial charge in [-0.05, 0) is 79.3 Å². The van der Waals surface area contributed by atoms with Gasteiger partial charge < -0.3 is 4.74 Å². The highest BCUT2D eigenvalue weighted by Gasteiger charge is 2.58. The van der Waals surface area contributed by atoms with Crippen molar-refractivity contribution < 1.29 is 9.53 Å². The SMILES string of the molecule is CCCCC1=C(OC)CC[C@@]2(C)C1=CC[C@@H]1[C@@H]2CC[C@]2(C)C(=O)CC[C@@H]12. The molecule has 0 heterocycles. The normalized spacial score (nSPS) is 42.1. The second kappa shape index (κ2) is 6.53. The van der Waals surface area contributed by atoms with Crippen molar-refractivity contribution in [2.45, 2.75) is 85.0 Å². The number of methoxy groups -OCH3 is 1. The van der Waals surface area contributed by atoms with Crippen LogP contribution in [0, 0.1) is 28.6 Å². The van der Waals surface area contributed by atoms with Crippen LogP contribution in [0.3, 0.4) is 0 Å². The topological polar surface area (TPSA) is 26.3 Å². The van der Waals surface area contributed by atoms with E-state index in [1.54, 1.807) is 5.57 Å². The first-order valence-electron chi connectivity index (χ1n) is 11.0. The minimum atomic E-state index is -0.0178. The van der Waals surface area contributed by atoms with E-state index in [0.29, 0.717) is 23.0 Å². The largest absolute Gasteiger partial charge is 0.501 e. The molecule has 0 spiro atoms. The van der Waals surface area contributed by atoms with Gasteiger partial charge in [0.2, 0.25) is 0 Å². The number of rotatable bonds is 4. The first-order chi connectivity index (χ1) is 12.5. The van der Waals surface area contributed by atoms with Crippen molar-refractivity contribution in [3.8, 4) is 0 Å². The molecule has 2 saturated carbocycles. The summed E-state index contributed by atoms with van der Waals surface area (Å²) in [6.07, 6.45) is 14.0. The summed E-state index contributed by atoms with van der Waals surface area (Å²) in [4.78, 5) is 12.6. The zero-order chi connectivity index (χ0) is 18.5. The molecule has 26 heavy (non-hydrogen) atoms. The minimum absolute atomic E-state index is 0.0178. The summed E-state index contributed by atoms with van der Waals surface area (Å²) in [5, 5.41) is 0. The lowest BCUT2D eigenvalue weighted by Crippen LogP contribution is -2.49. The van der Waals surface area contributed by atoms with Crippen molar-refractivity contribution in [2.24, 2.45) is 28.6 Å². The molecule has 2 nitrogen and oxygen atoms in total. The summed E-state index contributed by atoms with van der Waals surface area (Å²) in [6.45, 7) is 7.09. The Labute approximate surface area is 159 Å². The van der Waals surface area contributed by atoms with Crippen molar-refractivity contribution in [3.63, 3.8) is 0 Å².